The largest absolute Gasteiger partial charge is 0.447 e. The molecule has 1 saturated carbocycles. The smallest absolute Gasteiger partial charge is 0.304 e. The van der Waals surface area contributed by atoms with Gasteiger partial charge in [0.15, 0.2) is 9.93 Å². The van der Waals surface area contributed by atoms with Gasteiger partial charge in [0, 0.05) is 13.3 Å². The van der Waals surface area contributed by atoms with Gasteiger partial charge in [0.25, 0.3) is 0 Å². The van der Waals surface area contributed by atoms with E-state index in [2.05, 4.69) is 11.8 Å². The topological polar surface area (TPSA) is 26.3 Å². The van der Waals surface area contributed by atoms with Crippen molar-refractivity contribution in [3.05, 3.63) is 10.1 Å². The molecular weight excluding hydrogens is 425 g/mol. The lowest BCUT2D eigenvalue weighted by atomic mass is 9.89. The fourth-order valence-electron chi connectivity index (χ4n) is 3.02. The summed E-state index contributed by atoms with van der Waals surface area (Å²) in [6.45, 7) is 4.71. The second-order valence-corrected chi connectivity index (χ2v) is 9.55. The third-order valence-corrected chi connectivity index (χ3v) is 8.37. The van der Waals surface area contributed by atoms with Gasteiger partial charge in [-0.15, -0.1) is 23.2 Å². The number of hydrogen-bond acceptors (Lipinski definition) is 2. The minimum Gasteiger partial charge on any atom is -0.447 e. The molecule has 0 heterocycles. The van der Waals surface area contributed by atoms with Crippen LogP contribution in [0.4, 0.5) is 0 Å². The Kier molecular flexibility index (Phi) is 5.21. The number of rotatable bonds is 2. The molecule has 1 fully saturated rings. The molecule has 8 heteroatoms. The minimum absolute atomic E-state index is 0.165. The van der Waals surface area contributed by atoms with Gasteiger partial charge in [-0.25, -0.2) is 0 Å². The summed E-state index contributed by atoms with van der Waals surface area (Å²) in [5, 5.41) is 0.350. The molecule has 0 saturated heterocycles. The summed E-state index contributed by atoms with van der Waals surface area (Å²) < 4.78 is 3.58. The van der Waals surface area contributed by atoms with E-state index < -0.39 is 25.7 Å². The Hall–Kier alpha value is 0.510. The van der Waals surface area contributed by atoms with Crippen molar-refractivity contribution in [2.45, 2.75) is 53.3 Å². The predicted octanol–water partition coefficient (Wildman–Crippen LogP) is 5.57. The highest BCUT2D eigenvalue weighted by molar-refractivity contribution is 6.65. The Morgan fingerprint density at radius 3 is 2.26 bits per heavy atom. The summed E-state index contributed by atoms with van der Waals surface area (Å²) in [4.78, 5) is 8.52. The third-order valence-electron chi connectivity index (χ3n) is 4.04. The monoisotopic (exact) mass is 436 g/mol. The van der Waals surface area contributed by atoms with Crippen molar-refractivity contribution >= 4 is 75.6 Å². The molecule has 0 aromatic carbocycles. The van der Waals surface area contributed by atoms with Crippen molar-refractivity contribution in [2.24, 2.45) is 5.92 Å². The Bertz CT molecular complexity index is 644. The molecule has 23 heavy (non-hydrogen) atoms. The lowest BCUT2D eigenvalue weighted by Gasteiger charge is -2.33. The summed E-state index contributed by atoms with van der Waals surface area (Å²) in [6, 6.07) is 0. The molecule has 0 radical (unpaired) electrons. The summed E-state index contributed by atoms with van der Waals surface area (Å²) in [7, 11) is 0. The zero-order valence-electron chi connectivity index (χ0n) is 12.6. The average Bonchev–Trinajstić information content (AvgIpc) is 2.59. The molecule has 2 aliphatic rings. The van der Waals surface area contributed by atoms with E-state index in [4.69, 9.17) is 74.3 Å². The molecule has 2 rings (SSSR count). The highest BCUT2D eigenvalue weighted by Crippen LogP contribution is 2.74. The van der Waals surface area contributed by atoms with E-state index >= 15 is 0 Å². The van der Waals surface area contributed by atoms with Gasteiger partial charge in [-0.1, -0.05) is 58.2 Å². The van der Waals surface area contributed by atoms with Crippen LogP contribution in [0.1, 0.15) is 33.6 Å². The normalized spacial score (nSPS) is 35.1. The van der Waals surface area contributed by atoms with E-state index in [0.29, 0.717) is 12.8 Å². The third kappa shape index (κ3) is 2.86. The highest BCUT2D eigenvalue weighted by atomic mass is 35.5. The molecule has 0 aromatic heterocycles. The predicted molar refractivity (Wildman–Crippen MR) is 96.7 cm³/mol. The van der Waals surface area contributed by atoms with Crippen LogP contribution in [-0.4, -0.2) is 25.7 Å². The van der Waals surface area contributed by atoms with Gasteiger partial charge in [0.1, 0.15) is 9.75 Å². The standard InChI is InChI=1S/C15H14Cl6O2/c1-8(22)23-12(2,3)6-4-5-9-7-13(18)10(16)11(17)14(9,19)15(13,20)21/h9H,5,7H2,1-3H3/t9-,13+,14-/m1/s1. The van der Waals surface area contributed by atoms with Crippen molar-refractivity contribution in [1.29, 1.82) is 0 Å². The van der Waals surface area contributed by atoms with Gasteiger partial charge < -0.3 is 4.74 Å². The first-order valence-electron chi connectivity index (χ1n) is 6.81. The first-order chi connectivity index (χ1) is 10.3. The van der Waals surface area contributed by atoms with Gasteiger partial charge in [0.05, 0.1) is 10.1 Å². The van der Waals surface area contributed by atoms with Crippen LogP contribution in [0.3, 0.4) is 0 Å². The summed E-state index contributed by atoms with van der Waals surface area (Å²) in [6.07, 6.45) is 0.688. The Morgan fingerprint density at radius 2 is 1.83 bits per heavy atom. The lowest BCUT2D eigenvalue weighted by molar-refractivity contribution is -0.148. The fraction of sp³-hybridized carbons (Fsp3) is 0.667. The number of allylic oxidation sites excluding steroid dienone is 2. The van der Waals surface area contributed by atoms with E-state index in [9.17, 15) is 4.79 Å². The van der Waals surface area contributed by atoms with Crippen LogP contribution in [0.5, 0.6) is 0 Å². The van der Waals surface area contributed by atoms with E-state index in [-0.39, 0.29) is 16.0 Å². The second kappa shape index (κ2) is 6.04. The van der Waals surface area contributed by atoms with Gasteiger partial charge in [0.2, 0.25) is 0 Å². The van der Waals surface area contributed by atoms with Gasteiger partial charge in [-0.2, -0.15) is 0 Å². The van der Waals surface area contributed by atoms with E-state index in [1.807, 2.05) is 0 Å². The maximum atomic E-state index is 11.0. The van der Waals surface area contributed by atoms with Gasteiger partial charge >= 0.3 is 5.97 Å². The number of ether oxygens (including phenoxy) is 1. The van der Waals surface area contributed by atoms with E-state index in [1.165, 1.54) is 6.92 Å². The number of carbonyl (C=O) groups excluding carboxylic acids is 1. The van der Waals surface area contributed by atoms with Crippen LogP contribution in [-0.2, 0) is 9.53 Å². The molecule has 0 aliphatic heterocycles. The summed E-state index contributed by atoms with van der Waals surface area (Å²) in [5.41, 5.74) is -0.905. The average molecular weight is 439 g/mol. The maximum Gasteiger partial charge on any atom is 0.304 e. The van der Waals surface area contributed by atoms with Crippen molar-refractivity contribution in [2.75, 3.05) is 0 Å². The van der Waals surface area contributed by atoms with E-state index in [1.54, 1.807) is 13.8 Å². The Labute approximate surface area is 165 Å². The molecule has 0 amide bonds. The second-order valence-electron chi connectivity index (χ2n) is 6.23. The molecule has 0 unspecified atom stereocenters. The highest BCUT2D eigenvalue weighted by Gasteiger charge is 2.78. The van der Waals surface area contributed by atoms with Crippen molar-refractivity contribution < 1.29 is 9.53 Å². The molecule has 2 nitrogen and oxygen atoms in total. The minimum atomic E-state index is -1.53. The molecule has 0 aromatic rings. The summed E-state index contributed by atoms with van der Waals surface area (Å²) >= 11 is 38.4. The molecule has 2 aliphatic carbocycles. The zero-order chi connectivity index (χ0) is 17.8. The Balaban J connectivity index is 2.25. The SMILES string of the molecule is CC(=O)OC(C)(C)C#CC[C@@H]1C[C@]2(Cl)C(Cl)=C(Cl)[C@@]1(Cl)C2(Cl)Cl. The van der Waals surface area contributed by atoms with Crippen LogP contribution >= 0.6 is 69.6 Å². The maximum absolute atomic E-state index is 11.0. The lowest BCUT2D eigenvalue weighted by Crippen LogP contribution is -2.44. The molecule has 2 bridgehead atoms. The molecule has 0 N–H and O–H groups in total. The van der Waals surface area contributed by atoms with Crippen LogP contribution in [0.2, 0.25) is 0 Å². The fourth-order valence-corrected chi connectivity index (χ4v) is 5.86. The van der Waals surface area contributed by atoms with Crippen LogP contribution in [0.25, 0.3) is 0 Å². The van der Waals surface area contributed by atoms with Gasteiger partial charge in [-0.3, -0.25) is 4.79 Å². The number of fused-ring (bicyclic) bond motifs is 2. The van der Waals surface area contributed by atoms with Crippen molar-refractivity contribution in [3.63, 3.8) is 0 Å². The molecule has 128 valence electrons. The first kappa shape index (κ1) is 19.8. The molecule has 0 spiro atoms. The number of hydrogen-bond donors (Lipinski definition) is 0. The number of alkyl halides is 4. The summed E-state index contributed by atoms with van der Waals surface area (Å²) in [5.74, 6) is 5.16. The number of halogens is 6. The Morgan fingerprint density at radius 1 is 1.26 bits per heavy atom. The van der Waals surface area contributed by atoms with Crippen molar-refractivity contribution in [1.82, 2.24) is 0 Å². The number of esters is 1. The van der Waals surface area contributed by atoms with Gasteiger partial charge in [-0.05, 0) is 26.2 Å². The molecule has 3 atom stereocenters. The van der Waals surface area contributed by atoms with Crippen LogP contribution < -0.4 is 0 Å². The first-order valence-corrected chi connectivity index (χ1v) is 9.08. The van der Waals surface area contributed by atoms with Crippen LogP contribution in [0, 0.1) is 17.8 Å². The van der Waals surface area contributed by atoms with Crippen molar-refractivity contribution in [3.8, 4) is 11.8 Å². The number of carbonyl (C=O) groups is 1. The molecular formula is C15H14Cl6O2. The quantitative estimate of drug-likeness (QED) is 0.320. The van der Waals surface area contributed by atoms with Crippen LogP contribution in [0.15, 0.2) is 10.1 Å². The van der Waals surface area contributed by atoms with E-state index in [0.717, 1.165) is 0 Å². The zero-order valence-corrected chi connectivity index (χ0v) is 17.1.